The minimum atomic E-state index is -0.184. The lowest BCUT2D eigenvalue weighted by atomic mass is 9.97. The van der Waals surface area contributed by atoms with Crippen LogP contribution >= 0.6 is 0 Å². The number of hydrogen-bond donors (Lipinski definition) is 1. The molecular weight excluding hydrogens is 228 g/mol. The Hall–Kier alpha value is -1.06. The number of rotatable bonds is 5. The van der Waals surface area contributed by atoms with Crippen molar-refractivity contribution < 1.29 is 9.59 Å². The second-order valence-electron chi connectivity index (χ2n) is 6.16. The standard InChI is InChI=1S/C14H26N2O2/c1-6-7-14(4,5)15-13(18)11-8-12(17)16(9-11)10(2)3/h10-11H,6-9H2,1-5H3,(H,15,18)/t11-/m1/s1. The van der Waals surface area contributed by atoms with Crippen LogP contribution in [0.25, 0.3) is 0 Å². The summed E-state index contributed by atoms with van der Waals surface area (Å²) in [6.45, 7) is 10.7. The van der Waals surface area contributed by atoms with E-state index in [4.69, 9.17) is 0 Å². The molecule has 0 aliphatic carbocycles. The van der Waals surface area contributed by atoms with Crippen LogP contribution in [0.15, 0.2) is 0 Å². The molecule has 0 saturated carbocycles. The minimum absolute atomic E-state index is 0.0185. The van der Waals surface area contributed by atoms with E-state index >= 15 is 0 Å². The summed E-state index contributed by atoms with van der Waals surface area (Å²) < 4.78 is 0. The number of nitrogens with one attached hydrogen (secondary N) is 1. The fourth-order valence-corrected chi connectivity index (χ4v) is 2.53. The van der Waals surface area contributed by atoms with Crippen molar-refractivity contribution in [3.63, 3.8) is 0 Å². The van der Waals surface area contributed by atoms with E-state index in [1.165, 1.54) is 0 Å². The minimum Gasteiger partial charge on any atom is -0.351 e. The Morgan fingerprint density at radius 2 is 2.11 bits per heavy atom. The highest BCUT2D eigenvalue weighted by Gasteiger charge is 2.36. The third-order valence-electron chi connectivity index (χ3n) is 3.49. The molecule has 1 aliphatic rings. The molecule has 0 unspecified atom stereocenters. The lowest BCUT2D eigenvalue weighted by molar-refractivity contribution is -0.130. The number of nitrogens with zero attached hydrogens (tertiary/aromatic N) is 1. The molecule has 0 aromatic carbocycles. The Labute approximate surface area is 110 Å². The molecule has 1 saturated heterocycles. The summed E-state index contributed by atoms with van der Waals surface area (Å²) in [5.41, 5.74) is -0.180. The van der Waals surface area contributed by atoms with Crippen molar-refractivity contribution in [2.75, 3.05) is 6.54 Å². The van der Waals surface area contributed by atoms with Crippen molar-refractivity contribution in [2.45, 2.75) is 65.5 Å². The summed E-state index contributed by atoms with van der Waals surface area (Å²) in [6.07, 6.45) is 2.34. The van der Waals surface area contributed by atoms with Gasteiger partial charge in [0.15, 0.2) is 0 Å². The van der Waals surface area contributed by atoms with E-state index in [1.54, 1.807) is 4.90 Å². The topological polar surface area (TPSA) is 49.4 Å². The van der Waals surface area contributed by atoms with Crippen LogP contribution in [0.2, 0.25) is 0 Å². The van der Waals surface area contributed by atoms with Crippen LogP contribution in [0.1, 0.15) is 53.9 Å². The van der Waals surface area contributed by atoms with Crippen molar-refractivity contribution in [3.05, 3.63) is 0 Å². The predicted molar refractivity (Wildman–Crippen MR) is 72.1 cm³/mol. The summed E-state index contributed by atoms with van der Waals surface area (Å²) >= 11 is 0. The first-order valence-corrected chi connectivity index (χ1v) is 6.88. The van der Waals surface area contributed by atoms with Gasteiger partial charge in [-0.25, -0.2) is 0 Å². The fourth-order valence-electron chi connectivity index (χ4n) is 2.53. The predicted octanol–water partition coefficient (Wildman–Crippen LogP) is 1.94. The van der Waals surface area contributed by atoms with E-state index in [9.17, 15) is 9.59 Å². The molecule has 0 spiro atoms. The molecule has 1 fully saturated rings. The maximum atomic E-state index is 12.2. The molecule has 104 valence electrons. The van der Waals surface area contributed by atoms with Crippen LogP contribution in [0.5, 0.6) is 0 Å². The summed E-state index contributed by atoms with van der Waals surface area (Å²) in [7, 11) is 0. The van der Waals surface area contributed by atoms with Crippen molar-refractivity contribution in [1.29, 1.82) is 0 Å². The van der Waals surface area contributed by atoms with Gasteiger partial charge < -0.3 is 10.2 Å². The van der Waals surface area contributed by atoms with E-state index in [0.717, 1.165) is 12.8 Å². The highest BCUT2D eigenvalue weighted by Crippen LogP contribution is 2.21. The zero-order chi connectivity index (χ0) is 13.9. The smallest absolute Gasteiger partial charge is 0.225 e. The number of hydrogen-bond acceptors (Lipinski definition) is 2. The van der Waals surface area contributed by atoms with Crippen LogP contribution in [0.4, 0.5) is 0 Å². The SMILES string of the molecule is CCCC(C)(C)NC(=O)[C@@H]1CC(=O)N(C(C)C)C1. The second kappa shape index (κ2) is 5.72. The van der Waals surface area contributed by atoms with Crippen molar-refractivity contribution in [3.8, 4) is 0 Å². The summed E-state index contributed by atoms with van der Waals surface area (Å²) in [5.74, 6) is -0.0700. The van der Waals surface area contributed by atoms with E-state index in [1.807, 2.05) is 27.7 Å². The van der Waals surface area contributed by atoms with Gasteiger partial charge in [-0.1, -0.05) is 13.3 Å². The maximum absolute atomic E-state index is 12.2. The molecule has 0 aromatic heterocycles. The van der Waals surface area contributed by atoms with Crippen LogP contribution < -0.4 is 5.32 Å². The van der Waals surface area contributed by atoms with Crippen molar-refractivity contribution in [2.24, 2.45) is 5.92 Å². The van der Waals surface area contributed by atoms with Crippen LogP contribution in [0.3, 0.4) is 0 Å². The van der Waals surface area contributed by atoms with Gasteiger partial charge in [0.05, 0.1) is 5.92 Å². The number of likely N-dealkylation sites (tertiary alicyclic amines) is 1. The van der Waals surface area contributed by atoms with E-state index in [2.05, 4.69) is 12.2 Å². The first-order chi connectivity index (χ1) is 8.26. The van der Waals surface area contributed by atoms with Gasteiger partial charge in [-0.05, 0) is 34.1 Å². The molecule has 4 nitrogen and oxygen atoms in total. The van der Waals surface area contributed by atoms with E-state index in [-0.39, 0.29) is 29.3 Å². The zero-order valence-corrected chi connectivity index (χ0v) is 12.2. The number of carbonyl (C=O) groups excluding carboxylic acids is 2. The first kappa shape index (κ1) is 15.0. The van der Waals surface area contributed by atoms with Crippen LogP contribution in [-0.2, 0) is 9.59 Å². The third-order valence-corrected chi connectivity index (χ3v) is 3.49. The maximum Gasteiger partial charge on any atom is 0.225 e. The molecule has 1 heterocycles. The van der Waals surface area contributed by atoms with Crippen molar-refractivity contribution >= 4 is 11.8 Å². The monoisotopic (exact) mass is 254 g/mol. The molecule has 1 aliphatic heterocycles. The lowest BCUT2D eigenvalue weighted by Crippen LogP contribution is -2.46. The lowest BCUT2D eigenvalue weighted by Gasteiger charge is -2.27. The van der Waals surface area contributed by atoms with Crippen molar-refractivity contribution in [1.82, 2.24) is 10.2 Å². The Morgan fingerprint density at radius 3 is 2.56 bits per heavy atom. The number of carbonyl (C=O) groups is 2. The second-order valence-corrected chi connectivity index (χ2v) is 6.16. The molecule has 18 heavy (non-hydrogen) atoms. The molecule has 0 aromatic rings. The van der Waals surface area contributed by atoms with E-state index < -0.39 is 0 Å². The van der Waals surface area contributed by atoms with Gasteiger partial charge in [0.25, 0.3) is 0 Å². The Kier molecular flexibility index (Phi) is 4.77. The quantitative estimate of drug-likeness (QED) is 0.815. The fraction of sp³-hybridized carbons (Fsp3) is 0.857. The van der Waals surface area contributed by atoms with Gasteiger partial charge in [-0.2, -0.15) is 0 Å². The molecular formula is C14H26N2O2. The highest BCUT2D eigenvalue weighted by atomic mass is 16.2. The number of amides is 2. The summed E-state index contributed by atoms with van der Waals surface area (Å²) in [5, 5.41) is 3.06. The molecule has 4 heteroatoms. The Balaban J connectivity index is 2.57. The average Bonchev–Trinajstić information content (AvgIpc) is 2.59. The normalized spacial score (nSPS) is 20.7. The van der Waals surface area contributed by atoms with Gasteiger partial charge in [0.1, 0.15) is 0 Å². The van der Waals surface area contributed by atoms with Gasteiger partial charge in [0, 0.05) is 24.5 Å². The molecule has 0 radical (unpaired) electrons. The third kappa shape index (κ3) is 3.72. The first-order valence-electron chi connectivity index (χ1n) is 6.88. The Bertz CT molecular complexity index is 324. The Morgan fingerprint density at radius 1 is 1.50 bits per heavy atom. The van der Waals surface area contributed by atoms with Gasteiger partial charge in [0.2, 0.25) is 11.8 Å². The molecule has 1 atom stereocenters. The van der Waals surface area contributed by atoms with E-state index in [0.29, 0.717) is 13.0 Å². The molecule has 0 bridgehead atoms. The summed E-state index contributed by atoms with van der Waals surface area (Å²) in [6, 6.07) is 0.180. The highest BCUT2D eigenvalue weighted by molar-refractivity contribution is 5.89. The summed E-state index contributed by atoms with van der Waals surface area (Å²) in [4.78, 5) is 25.7. The van der Waals surface area contributed by atoms with Gasteiger partial charge in [-0.3, -0.25) is 9.59 Å². The molecule has 1 rings (SSSR count). The molecule has 2 amide bonds. The largest absolute Gasteiger partial charge is 0.351 e. The van der Waals surface area contributed by atoms with Crippen LogP contribution in [0, 0.1) is 5.92 Å². The van der Waals surface area contributed by atoms with Gasteiger partial charge >= 0.3 is 0 Å². The zero-order valence-electron chi connectivity index (χ0n) is 12.2. The average molecular weight is 254 g/mol. The van der Waals surface area contributed by atoms with Crippen LogP contribution in [-0.4, -0.2) is 34.8 Å². The molecule has 1 N–H and O–H groups in total. The van der Waals surface area contributed by atoms with Gasteiger partial charge in [-0.15, -0.1) is 0 Å².